The zero-order valence-corrected chi connectivity index (χ0v) is 13.0. The summed E-state index contributed by atoms with van der Waals surface area (Å²) in [6.45, 7) is 6.74. The maximum absolute atomic E-state index is 12.5. The van der Waals surface area contributed by atoms with Gasteiger partial charge < -0.3 is 20.0 Å². The minimum absolute atomic E-state index is 0.0701. The van der Waals surface area contributed by atoms with Crippen LogP contribution >= 0.6 is 12.2 Å². The largest absolute Gasteiger partial charge is 0.467 e. The lowest BCUT2D eigenvalue weighted by Crippen LogP contribution is -2.54. The van der Waals surface area contributed by atoms with E-state index in [2.05, 4.69) is 24.1 Å². The summed E-state index contributed by atoms with van der Waals surface area (Å²) in [7, 11) is 0. The van der Waals surface area contributed by atoms with Crippen molar-refractivity contribution in [3.8, 4) is 0 Å². The zero-order valence-electron chi connectivity index (χ0n) is 12.2. The molecule has 2 atom stereocenters. The van der Waals surface area contributed by atoms with Gasteiger partial charge in [0, 0.05) is 25.0 Å². The smallest absolute Gasteiger partial charge is 0.225 e. The number of nitrogens with one attached hydrogen (secondary N) is 2. The SMILES string of the molecule is C=CCN(Cc1ccco1)C(=O)C[C@@H]1C[C@@H](C)NC(=S)N1. The van der Waals surface area contributed by atoms with Crippen LogP contribution in [0.5, 0.6) is 0 Å². The fraction of sp³-hybridized carbons (Fsp3) is 0.467. The van der Waals surface area contributed by atoms with Gasteiger partial charge in [-0.25, -0.2) is 0 Å². The predicted octanol–water partition coefficient (Wildman–Crippen LogP) is 1.81. The van der Waals surface area contributed by atoms with Gasteiger partial charge in [-0.3, -0.25) is 4.79 Å². The molecule has 0 saturated carbocycles. The van der Waals surface area contributed by atoms with Crippen molar-refractivity contribution in [3.63, 3.8) is 0 Å². The highest BCUT2D eigenvalue weighted by atomic mass is 32.1. The first-order valence-corrected chi connectivity index (χ1v) is 7.47. The molecule has 0 aliphatic carbocycles. The van der Waals surface area contributed by atoms with Crippen LogP contribution in [0.15, 0.2) is 35.5 Å². The van der Waals surface area contributed by atoms with Gasteiger partial charge in [0.2, 0.25) is 5.91 Å². The molecule has 2 rings (SSSR count). The Morgan fingerprint density at radius 1 is 1.62 bits per heavy atom. The topological polar surface area (TPSA) is 57.5 Å². The molecule has 1 fully saturated rings. The van der Waals surface area contributed by atoms with E-state index >= 15 is 0 Å². The molecule has 1 aliphatic rings. The quantitative estimate of drug-likeness (QED) is 0.620. The fourth-order valence-corrected chi connectivity index (χ4v) is 2.84. The molecular formula is C15H21N3O2S. The maximum atomic E-state index is 12.5. The number of carbonyl (C=O) groups excluding carboxylic acids is 1. The molecule has 0 bridgehead atoms. The van der Waals surface area contributed by atoms with Crippen molar-refractivity contribution in [2.24, 2.45) is 0 Å². The zero-order chi connectivity index (χ0) is 15.2. The van der Waals surface area contributed by atoms with Gasteiger partial charge in [0.05, 0.1) is 12.8 Å². The van der Waals surface area contributed by atoms with Gasteiger partial charge in [-0.2, -0.15) is 0 Å². The van der Waals surface area contributed by atoms with E-state index in [-0.39, 0.29) is 18.0 Å². The second-order valence-corrected chi connectivity index (χ2v) is 5.71. The molecule has 1 aromatic heterocycles. The summed E-state index contributed by atoms with van der Waals surface area (Å²) in [5, 5.41) is 6.91. The molecule has 21 heavy (non-hydrogen) atoms. The Bertz CT molecular complexity index is 501. The molecule has 5 nitrogen and oxygen atoms in total. The van der Waals surface area contributed by atoms with E-state index in [1.54, 1.807) is 17.2 Å². The summed E-state index contributed by atoms with van der Waals surface area (Å²) in [4.78, 5) is 14.2. The Kier molecular flexibility index (Phi) is 5.38. The fourth-order valence-electron chi connectivity index (χ4n) is 2.47. The average molecular weight is 307 g/mol. The first kappa shape index (κ1) is 15.6. The van der Waals surface area contributed by atoms with Gasteiger partial charge in [-0.15, -0.1) is 6.58 Å². The van der Waals surface area contributed by atoms with Gasteiger partial charge in [-0.1, -0.05) is 6.08 Å². The van der Waals surface area contributed by atoms with Crippen molar-refractivity contribution < 1.29 is 9.21 Å². The van der Waals surface area contributed by atoms with Crippen molar-refractivity contribution in [1.82, 2.24) is 15.5 Å². The third-order valence-corrected chi connectivity index (χ3v) is 3.64. The number of thiocarbonyl (C=S) groups is 1. The first-order valence-electron chi connectivity index (χ1n) is 7.06. The van der Waals surface area contributed by atoms with Crippen LogP contribution in [0.25, 0.3) is 0 Å². The highest BCUT2D eigenvalue weighted by Crippen LogP contribution is 2.12. The van der Waals surface area contributed by atoms with Crippen LogP contribution in [0.1, 0.15) is 25.5 Å². The summed E-state index contributed by atoms with van der Waals surface area (Å²) in [6.07, 6.45) is 4.62. The Morgan fingerprint density at radius 3 is 3.05 bits per heavy atom. The highest BCUT2D eigenvalue weighted by molar-refractivity contribution is 7.80. The Hall–Kier alpha value is -1.82. The summed E-state index contributed by atoms with van der Waals surface area (Å²) in [5.41, 5.74) is 0. The lowest BCUT2D eigenvalue weighted by molar-refractivity contribution is -0.132. The van der Waals surface area contributed by atoms with Crippen molar-refractivity contribution in [2.75, 3.05) is 6.54 Å². The lowest BCUT2D eigenvalue weighted by atomic mass is 10.0. The van der Waals surface area contributed by atoms with Crippen LogP contribution in [0, 0.1) is 0 Å². The van der Waals surface area contributed by atoms with Crippen LogP contribution in [0.3, 0.4) is 0 Å². The number of hydrogen-bond donors (Lipinski definition) is 2. The molecule has 0 radical (unpaired) electrons. The molecule has 1 aromatic rings. The van der Waals surface area contributed by atoms with Crippen LogP contribution in [0.2, 0.25) is 0 Å². The Labute approximate surface area is 130 Å². The third kappa shape index (κ3) is 4.60. The molecule has 1 saturated heterocycles. The normalized spacial score (nSPS) is 21.3. The molecule has 0 unspecified atom stereocenters. The number of hydrogen-bond acceptors (Lipinski definition) is 3. The van der Waals surface area contributed by atoms with Crippen LogP contribution in [0.4, 0.5) is 0 Å². The van der Waals surface area contributed by atoms with Gasteiger partial charge in [0.25, 0.3) is 0 Å². The summed E-state index contributed by atoms with van der Waals surface area (Å²) >= 11 is 5.14. The van der Waals surface area contributed by atoms with E-state index in [0.717, 1.165) is 12.2 Å². The molecule has 0 spiro atoms. The van der Waals surface area contributed by atoms with Gasteiger partial charge in [0.1, 0.15) is 5.76 Å². The van der Waals surface area contributed by atoms with Crippen LogP contribution in [-0.2, 0) is 11.3 Å². The molecule has 2 heterocycles. The van der Waals surface area contributed by atoms with E-state index < -0.39 is 0 Å². The van der Waals surface area contributed by atoms with E-state index in [4.69, 9.17) is 16.6 Å². The van der Waals surface area contributed by atoms with E-state index in [1.165, 1.54) is 0 Å². The Balaban J connectivity index is 1.94. The van der Waals surface area contributed by atoms with Crippen molar-refractivity contribution >= 4 is 23.2 Å². The van der Waals surface area contributed by atoms with Gasteiger partial charge in [0.15, 0.2) is 5.11 Å². The van der Waals surface area contributed by atoms with E-state index in [0.29, 0.717) is 24.6 Å². The molecule has 0 aromatic carbocycles. The molecule has 1 aliphatic heterocycles. The molecular weight excluding hydrogens is 286 g/mol. The van der Waals surface area contributed by atoms with Crippen molar-refractivity contribution in [3.05, 3.63) is 36.8 Å². The summed E-state index contributed by atoms with van der Waals surface area (Å²) < 4.78 is 5.31. The van der Waals surface area contributed by atoms with Crippen LogP contribution in [-0.4, -0.2) is 34.5 Å². The van der Waals surface area contributed by atoms with Crippen molar-refractivity contribution in [1.29, 1.82) is 0 Å². The average Bonchev–Trinajstić information content (AvgIpc) is 2.89. The number of amides is 1. The molecule has 2 N–H and O–H groups in total. The molecule has 1 amide bonds. The third-order valence-electron chi connectivity index (χ3n) is 3.40. The first-order chi connectivity index (χ1) is 10.1. The monoisotopic (exact) mass is 307 g/mol. The Morgan fingerprint density at radius 2 is 2.43 bits per heavy atom. The molecule has 114 valence electrons. The van der Waals surface area contributed by atoms with Crippen LogP contribution < -0.4 is 10.6 Å². The number of nitrogens with zero attached hydrogens (tertiary/aromatic N) is 1. The van der Waals surface area contributed by atoms with Gasteiger partial charge in [-0.05, 0) is 37.7 Å². The highest BCUT2D eigenvalue weighted by Gasteiger charge is 2.25. The predicted molar refractivity (Wildman–Crippen MR) is 85.7 cm³/mol. The van der Waals surface area contributed by atoms with E-state index in [9.17, 15) is 4.79 Å². The van der Waals surface area contributed by atoms with Crippen molar-refractivity contribution in [2.45, 2.75) is 38.4 Å². The summed E-state index contributed by atoms with van der Waals surface area (Å²) in [5.74, 6) is 0.841. The maximum Gasteiger partial charge on any atom is 0.225 e. The van der Waals surface area contributed by atoms with E-state index in [1.807, 2.05) is 12.1 Å². The molecule has 6 heteroatoms. The number of carbonyl (C=O) groups is 1. The minimum atomic E-state index is 0.0701. The number of rotatable bonds is 6. The van der Waals surface area contributed by atoms with Gasteiger partial charge >= 0.3 is 0 Å². The lowest BCUT2D eigenvalue weighted by Gasteiger charge is -2.32. The number of furan rings is 1. The minimum Gasteiger partial charge on any atom is -0.467 e. The summed E-state index contributed by atoms with van der Waals surface area (Å²) in [6, 6.07) is 4.05. The second kappa shape index (κ2) is 7.26. The second-order valence-electron chi connectivity index (χ2n) is 5.30. The standard InChI is InChI=1S/C15H21N3O2S/c1-3-6-18(10-13-5-4-7-20-13)14(19)9-12-8-11(2)16-15(21)17-12/h3-5,7,11-12H,1,6,8-10H2,2H3,(H2,16,17,21)/t11-,12+/m1/s1.